The van der Waals surface area contributed by atoms with Crippen LogP contribution in [0.2, 0.25) is 0 Å². The molecule has 0 radical (unpaired) electrons. The molecule has 0 unspecified atom stereocenters. The molecule has 0 saturated carbocycles. The molecule has 2 aromatic rings. The number of amides is 2. The average Bonchev–Trinajstić information content (AvgIpc) is 2.82. The van der Waals surface area contributed by atoms with Crippen LogP contribution in [0.25, 0.3) is 6.08 Å². The molecule has 2 aromatic carbocycles. The molecule has 3 rings (SSSR count). The number of imide groups is 1. The van der Waals surface area contributed by atoms with Crippen LogP contribution in [-0.4, -0.2) is 21.0 Å². The lowest BCUT2D eigenvalue weighted by Gasteiger charge is -2.12. The van der Waals surface area contributed by atoms with E-state index in [0.29, 0.717) is 4.91 Å². The van der Waals surface area contributed by atoms with Gasteiger partial charge in [-0.1, -0.05) is 54.3 Å². The number of thioether (sulfide) groups is 1. The Morgan fingerprint density at radius 1 is 1.09 bits per heavy atom. The van der Waals surface area contributed by atoms with Crippen molar-refractivity contribution in [2.75, 3.05) is 0 Å². The van der Waals surface area contributed by atoms with Gasteiger partial charge in [0.2, 0.25) is 0 Å². The molecule has 0 aromatic heterocycles. The highest BCUT2D eigenvalue weighted by atomic mass is 32.2. The molecule has 23 heavy (non-hydrogen) atoms. The minimum absolute atomic E-state index is 0.173. The van der Waals surface area contributed by atoms with E-state index < -0.39 is 17.6 Å². The summed E-state index contributed by atoms with van der Waals surface area (Å²) in [6.07, 6.45) is 1.69. The van der Waals surface area contributed by atoms with E-state index in [4.69, 9.17) is 12.2 Å². The van der Waals surface area contributed by atoms with Gasteiger partial charge >= 0.3 is 0 Å². The third-order valence-corrected chi connectivity index (χ3v) is 4.49. The number of carbonyl (C=O) groups is 2. The zero-order chi connectivity index (χ0) is 16.4. The highest BCUT2D eigenvalue weighted by molar-refractivity contribution is 8.26. The Labute approximate surface area is 141 Å². The van der Waals surface area contributed by atoms with E-state index in [1.165, 1.54) is 24.3 Å². The smallest absolute Gasteiger partial charge is 0.268 e. The van der Waals surface area contributed by atoms with Gasteiger partial charge in [-0.3, -0.25) is 9.59 Å². The molecule has 2 amide bonds. The van der Waals surface area contributed by atoms with Crippen LogP contribution in [0.3, 0.4) is 0 Å². The van der Waals surface area contributed by atoms with Crippen LogP contribution in [0.4, 0.5) is 4.39 Å². The van der Waals surface area contributed by atoms with Crippen LogP contribution in [0.15, 0.2) is 59.5 Å². The second-order valence-corrected chi connectivity index (χ2v) is 6.42. The first-order valence-electron chi connectivity index (χ1n) is 6.69. The van der Waals surface area contributed by atoms with E-state index in [9.17, 15) is 14.0 Å². The molecule has 0 atom stereocenters. The maximum Gasteiger partial charge on any atom is 0.273 e. The molecule has 1 heterocycles. The molecule has 0 spiro atoms. The molecule has 0 aliphatic carbocycles. The summed E-state index contributed by atoms with van der Waals surface area (Å²) in [4.78, 5) is 26.2. The lowest BCUT2D eigenvalue weighted by atomic mass is 10.2. The maximum absolute atomic E-state index is 13.0. The van der Waals surface area contributed by atoms with Gasteiger partial charge in [0, 0.05) is 5.56 Å². The quantitative estimate of drug-likeness (QED) is 0.471. The van der Waals surface area contributed by atoms with Gasteiger partial charge in [-0.15, -0.1) is 0 Å². The third kappa shape index (κ3) is 3.23. The second kappa shape index (κ2) is 6.44. The van der Waals surface area contributed by atoms with Crippen molar-refractivity contribution in [1.29, 1.82) is 0 Å². The summed E-state index contributed by atoms with van der Waals surface area (Å²) in [6, 6.07) is 14.3. The van der Waals surface area contributed by atoms with Crippen LogP contribution >= 0.6 is 24.0 Å². The second-order valence-electron chi connectivity index (χ2n) is 4.74. The highest BCUT2D eigenvalue weighted by Gasteiger charge is 2.37. The Balaban J connectivity index is 1.88. The van der Waals surface area contributed by atoms with Gasteiger partial charge in [-0.2, -0.15) is 0 Å². The number of halogens is 1. The number of benzene rings is 2. The first kappa shape index (κ1) is 15.6. The van der Waals surface area contributed by atoms with Gasteiger partial charge in [-0.05, 0) is 35.9 Å². The predicted octanol–water partition coefficient (Wildman–Crippen LogP) is 3.87. The van der Waals surface area contributed by atoms with Crippen LogP contribution in [0.1, 0.15) is 15.9 Å². The summed E-state index contributed by atoms with van der Waals surface area (Å²) >= 11 is 6.22. The van der Waals surface area contributed by atoms with Crippen molar-refractivity contribution in [3.8, 4) is 0 Å². The molecule has 1 fully saturated rings. The zero-order valence-corrected chi connectivity index (χ0v) is 13.4. The number of thiocarbonyl (C=S) groups is 1. The molecular formula is C17H10FNO2S2. The minimum atomic E-state index is -0.552. The van der Waals surface area contributed by atoms with E-state index in [1.807, 2.05) is 30.3 Å². The van der Waals surface area contributed by atoms with E-state index in [-0.39, 0.29) is 9.88 Å². The third-order valence-electron chi connectivity index (χ3n) is 3.19. The Hall–Kier alpha value is -2.31. The van der Waals surface area contributed by atoms with Gasteiger partial charge in [0.05, 0.1) is 4.91 Å². The highest BCUT2D eigenvalue weighted by Crippen LogP contribution is 2.33. The van der Waals surface area contributed by atoms with Crippen LogP contribution < -0.4 is 0 Å². The fraction of sp³-hybridized carbons (Fsp3) is 0. The van der Waals surface area contributed by atoms with Gasteiger partial charge in [0.15, 0.2) is 4.32 Å². The zero-order valence-electron chi connectivity index (χ0n) is 11.7. The predicted molar refractivity (Wildman–Crippen MR) is 92.2 cm³/mol. The number of rotatable bonds is 2. The lowest BCUT2D eigenvalue weighted by Crippen LogP contribution is -2.34. The van der Waals surface area contributed by atoms with Gasteiger partial charge in [0.25, 0.3) is 11.8 Å². The maximum atomic E-state index is 13.0. The molecule has 1 aliphatic heterocycles. The fourth-order valence-electron chi connectivity index (χ4n) is 2.07. The Morgan fingerprint density at radius 3 is 2.39 bits per heavy atom. The number of hydrogen-bond acceptors (Lipinski definition) is 4. The normalized spacial score (nSPS) is 16.2. The van der Waals surface area contributed by atoms with Crippen molar-refractivity contribution in [3.63, 3.8) is 0 Å². The Kier molecular flexibility index (Phi) is 4.36. The molecule has 6 heteroatoms. The van der Waals surface area contributed by atoms with Crippen molar-refractivity contribution < 1.29 is 14.0 Å². The molecule has 3 nitrogen and oxygen atoms in total. The van der Waals surface area contributed by atoms with Gasteiger partial charge < -0.3 is 0 Å². The van der Waals surface area contributed by atoms with Crippen LogP contribution in [0, 0.1) is 5.82 Å². The fourth-order valence-corrected chi connectivity index (χ4v) is 3.32. The lowest BCUT2D eigenvalue weighted by molar-refractivity contribution is -0.120. The van der Waals surface area contributed by atoms with Gasteiger partial charge in [-0.25, -0.2) is 9.29 Å². The van der Waals surface area contributed by atoms with Gasteiger partial charge in [0.1, 0.15) is 5.82 Å². The molecule has 0 N–H and O–H groups in total. The van der Waals surface area contributed by atoms with Crippen molar-refractivity contribution >= 4 is 46.2 Å². The van der Waals surface area contributed by atoms with Crippen molar-refractivity contribution in [2.45, 2.75) is 0 Å². The number of nitrogens with zero attached hydrogens (tertiary/aromatic N) is 1. The van der Waals surface area contributed by atoms with E-state index in [1.54, 1.807) is 6.08 Å². The monoisotopic (exact) mass is 343 g/mol. The van der Waals surface area contributed by atoms with Crippen molar-refractivity contribution in [3.05, 3.63) is 76.4 Å². The first-order chi connectivity index (χ1) is 11.1. The summed E-state index contributed by atoms with van der Waals surface area (Å²) in [5.41, 5.74) is 1.06. The summed E-state index contributed by atoms with van der Waals surface area (Å²) in [6.45, 7) is 0. The first-order valence-corrected chi connectivity index (χ1v) is 7.91. The summed E-state index contributed by atoms with van der Waals surface area (Å²) in [5.74, 6) is -1.46. The SMILES string of the molecule is O=C1C(=Cc2ccccc2)SC(=S)N1C(=O)c1ccc(F)cc1. The minimum Gasteiger partial charge on any atom is -0.268 e. The molecule has 1 aliphatic rings. The molecular weight excluding hydrogens is 333 g/mol. The number of carbonyl (C=O) groups excluding carboxylic acids is 2. The van der Waals surface area contributed by atoms with Crippen LogP contribution in [0.5, 0.6) is 0 Å². The van der Waals surface area contributed by atoms with E-state index >= 15 is 0 Å². The largest absolute Gasteiger partial charge is 0.273 e. The number of hydrogen-bond donors (Lipinski definition) is 0. The summed E-state index contributed by atoms with van der Waals surface area (Å²) in [5, 5.41) is 0. The van der Waals surface area contributed by atoms with Crippen molar-refractivity contribution in [1.82, 2.24) is 4.90 Å². The standard InChI is InChI=1S/C17H10FNO2S2/c18-13-8-6-12(7-9-13)15(20)19-16(21)14(23-17(19)22)10-11-4-2-1-3-5-11/h1-10H. The van der Waals surface area contributed by atoms with E-state index in [0.717, 1.165) is 22.2 Å². The summed E-state index contributed by atoms with van der Waals surface area (Å²) < 4.78 is 13.1. The molecule has 114 valence electrons. The summed E-state index contributed by atoms with van der Waals surface area (Å²) in [7, 11) is 0. The van der Waals surface area contributed by atoms with Crippen LogP contribution in [-0.2, 0) is 4.79 Å². The Morgan fingerprint density at radius 2 is 1.74 bits per heavy atom. The van der Waals surface area contributed by atoms with E-state index in [2.05, 4.69) is 0 Å². The Bertz CT molecular complexity index is 816. The van der Waals surface area contributed by atoms with Crippen molar-refractivity contribution in [2.24, 2.45) is 0 Å². The average molecular weight is 343 g/mol. The molecule has 1 saturated heterocycles. The topological polar surface area (TPSA) is 37.4 Å². The molecule has 0 bridgehead atoms.